The first-order valence-electron chi connectivity index (χ1n) is 8.32. The van der Waals surface area contributed by atoms with Crippen LogP contribution in [0.1, 0.15) is 29.8 Å². The fourth-order valence-corrected chi connectivity index (χ4v) is 2.74. The maximum Gasteiger partial charge on any atom is 0.335 e. The third kappa shape index (κ3) is 3.22. The van der Waals surface area contributed by atoms with E-state index in [9.17, 15) is 14.3 Å². The molecular formula is C20H20FN3O2. The number of nitrogens with zero attached hydrogens (tertiary/aromatic N) is 3. The highest BCUT2D eigenvalue weighted by Crippen LogP contribution is 2.32. The zero-order chi connectivity index (χ0) is 19.0. The summed E-state index contributed by atoms with van der Waals surface area (Å²) in [6.07, 6.45) is 0. The second-order valence-electron chi connectivity index (χ2n) is 6.57. The van der Waals surface area contributed by atoms with Crippen LogP contribution in [0.25, 0.3) is 22.3 Å². The van der Waals surface area contributed by atoms with E-state index in [-0.39, 0.29) is 17.4 Å². The molecule has 1 N–H and O–H groups in total. The number of benzene rings is 2. The number of hydrogen-bond acceptors (Lipinski definition) is 4. The first kappa shape index (κ1) is 17.8. The molecule has 0 saturated heterocycles. The Bertz CT molecular complexity index is 1000. The van der Waals surface area contributed by atoms with Gasteiger partial charge in [-0.05, 0) is 62.7 Å². The molecule has 0 aliphatic heterocycles. The van der Waals surface area contributed by atoms with Gasteiger partial charge in [0.2, 0.25) is 0 Å². The first-order chi connectivity index (χ1) is 12.3. The number of aromatic carboxylic acids is 1. The van der Waals surface area contributed by atoms with E-state index in [1.54, 1.807) is 12.1 Å². The lowest BCUT2D eigenvalue weighted by Crippen LogP contribution is -2.27. The molecule has 0 radical (unpaired) electrons. The van der Waals surface area contributed by atoms with Crippen molar-refractivity contribution in [1.29, 1.82) is 0 Å². The summed E-state index contributed by atoms with van der Waals surface area (Å²) in [4.78, 5) is 22.6. The molecule has 26 heavy (non-hydrogen) atoms. The monoisotopic (exact) mass is 353 g/mol. The Morgan fingerprint density at radius 2 is 1.85 bits per heavy atom. The summed E-state index contributed by atoms with van der Waals surface area (Å²) in [5.74, 6) is -0.680. The number of carbonyl (C=O) groups is 1. The van der Waals surface area contributed by atoms with Crippen molar-refractivity contribution in [2.75, 3.05) is 11.9 Å². The Kier molecular flexibility index (Phi) is 4.59. The summed E-state index contributed by atoms with van der Waals surface area (Å²) in [5.41, 5.74) is 3.47. The number of anilines is 1. The molecule has 6 heteroatoms. The van der Waals surface area contributed by atoms with Crippen molar-refractivity contribution in [3.05, 3.63) is 53.3 Å². The summed E-state index contributed by atoms with van der Waals surface area (Å²) in [7, 11) is 1.91. The highest BCUT2D eigenvalue weighted by atomic mass is 19.1. The third-order valence-corrected chi connectivity index (χ3v) is 4.45. The quantitative estimate of drug-likeness (QED) is 0.758. The van der Waals surface area contributed by atoms with Crippen LogP contribution >= 0.6 is 0 Å². The van der Waals surface area contributed by atoms with Gasteiger partial charge in [0.25, 0.3) is 0 Å². The van der Waals surface area contributed by atoms with E-state index in [1.807, 2.05) is 32.7 Å². The van der Waals surface area contributed by atoms with Crippen LogP contribution in [0.2, 0.25) is 0 Å². The van der Waals surface area contributed by atoms with Gasteiger partial charge in [-0.25, -0.2) is 19.2 Å². The molecule has 0 bridgehead atoms. The lowest BCUT2D eigenvalue weighted by molar-refractivity contribution is 0.0697. The Hall–Kier alpha value is -3.02. The second kappa shape index (κ2) is 6.71. The minimum Gasteiger partial charge on any atom is -0.478 e. The van der Waals surface area contributed by atoms with E-state index in [0.29, 0.717) is 22.5 Å². The van der Waals surface area contributed by atoms with Crippen molar-refractivity contribution >= 4 is 22.8 Å². The predicted octanol–water partition coefficient (Wildman–Crippen LogP) is 4.29. The number of halogens is 1. The highest BCUT2D eigenvalue weighted by molar-refractivity contribution is 5.93. The van der Waals surface area contributed by atoms with Crippen molar-refractivity contribution < 1.29 is 14.3 Å². The van der Waals surface area contributed by atoms with E-state index in [2.05, 4.69) is 4.98 Å². The topological polar surface area (TPSA) is 66.3 Å². The minimum atomic E-state index is -1.01. The van der Waals surface area contributed by atoms with Gasteiger partial charge in [0.15, 0.2) is 5.82 Å². The molecule has 0 aliphatic rings. The molecule has 2 aromatic carbocycles. The van der Waals surface area contributed by atoms with Gasteiger partial charge in [0, 0.05) is 18.7 Å². The second-order valence-corrected chi connectivity index (χ2v) is 6.57. The Balaban J connectivity index is 2.30. The highest BCUT2D eigenvalue weighted by Gasteiger charge is 2.19. The zero-order valence-corrected chi connectivity index (χ0v) is 15.1. The molecule has 134 valence electrons. The van der Waals surface area contributed by atoms with Crippen LogP contribution in [-0.2, 0) is 0 Å². The number of fused-ring (bicyclic) bond motifs is 1. The van der Waals surface area contributed by atoms with E-state index < -0.39 is 5.97 Å². The van der Waals surface area contributed by atoms with Crippen molar-refractivity contribution in [2.45, 2.75) is 26.8 Å². The number of hydrogen-bond donors (Lipinski definition) is 1. The van der Waals surface area contributed by atoms with Gasteiger partial charge in [0.05, 0.1) is 16.6 Å². The Morgan fingerprint density at radius 3 is 2.46 bits per heavy atom. The molecule has 0 aliphatic carbocycles. The van der Waals surface area contributed by atoms with Crippen molar-refractivity contribution in [3.63, 3.8) is 0 Å². The van der Waals surface area contributed by atoms with Gasteiger partial charge in [-0.15, -0.1) is 0 Å². The fourth-order valence-electron chi connectivity index (χ4n) is 2.74. The molecule has 1 aromatic heterocycles. The SMILES string of the molecule is Cc1cc(F)ccc1-c1nc2ccc(C(=O)O)cc2nc1N(C)C(C)C. The van der Waals surface area contributed by atoms with E-state index in [0.717, 1.165) is 11.1 Å². The van der Waals surface area contributed by atoms with Crippen molar-refractivity contribution in [1.82, 2.24) is 9.97 Å². The molecule has 0 saturated carbocycles. The molecule has 3 aromatic rings. The molecule has 5 nitrogen and oxygen atoms in total. The predicted molar refractivity (Wildman–Crippen MR) is 100 cm³/mol. The summed E-state index contributed by atoms with van der Waals surface area (Å²) in [5, 5.41) is 9.21. The molecule has 0 unspecified atom stereocenters. The van der Waals surface area contributed by atoms with Gasteiger partial charge in [-0.2, -0.15) is 0 Å². The molecule has 3 rings (SSSR count). The number of carboxylic acids is 1. The number of carboxylic acid groups (broad SMARTS) is 1. The summed E-state index contributed by atoms with van der Waals surface area (Å²) >= 11 is 0. The molecule has 0 spiro atoms. The van der Waals surface area contributed by atoms with Gasteiger partial charge in [-0.3, -0.25) is 0 Å². The minimum absolute atomic E-state index is 0.156. The van der Waals surface area contributed by atoms with Gasteiger partial charge in [0.1, 0.15) is 11.5 Å². The van der Waals surface area contributed by atoms with Crippen LogP contribution in [0.3, 0.4) is 0 Å². The van der Waals surface area contributed by atoms with Crippen LogP contribution in [0.4, 0.5) is 10.2 Å². The average Bonchev–Trinajstić information content (AvgIpc) is 2.59. The smallest absolute Gasteiger partial charge is 0.335 e. The average molecular weight is 353 g/mol. The third-order valence-electron chi connectivity index (χ3n) is 4.45. The first-order valence-corrected chi connectivity index (χ1v) is 8.32. The molecule has 0 amide bonds. The normalized spacial score (nSPS) is 11.2. The largest absolute Gasteiger partial charge is 0.478 e. The summed E-state index contributed by atoms with van der Waals surface area (Å²) < 4.78 is 13.5. The molecule has 1 heterocycles. The van der Waals surface area contributed by atoms with E-state index >= 15 is 0 Å². The van der Waals surface area contributed by atoms with E-state index in [4.69, 9.17) is 4.98 Å². The van der Waals surface area contributed by atoms with Crippen LogP contribution in [0.5, 0.6) is 0 Å². The maximum atomic E-state index is 13.5. The van der Waals surface area contributed by atoms with Crippen LogP contribution < -0.4 is 4.90 Å². The lowest BCUT2D eigenvalue weighted by atomic mass is 10.0. The van der Waals surface area contributed by atoms with Crippen molar-refractivity contribution in [3.8, 4) is 11.3 Å². The molecular weight excluding hydrogens is 333 g/mol. The number of aryl methyl sites for hydroxylation is 1. The van der Waals surface area contributed by atoms with E-state index in [1.165, 1.54) is 24.3 Å². The number of rotatable bonds is 4. The van der Waals surface area contributed by atoms with Crippen molar-refractivity contribution in [2.24, 2.45) is 0 Å². The van der Waals surface area contributed by atoms with Crippen LogP contribution in [-0.4, -0.2) is 34.1 Å². The molecule has 0 fully saturated rings. The fraction of sp³-hybridized carbons (Fsp3) is 0.250. The van der Waals surface area contributed by atoms with Gasteiger partial charge < -0.3 is 10.0 Å². The zero-order valence-electron chi connectivity index (χ0n) is 15.1. The van der Waals surface area contributed by atoms with Gasteiger partial charge >= 0.3 is 5.97 Å². The Labute approximate surface area is 151 Å². The summed E-state index contributed by atoms with van der Waals surface area (Å²) in [6.45, 7) is 5.89. The standard InChI is InChI=1S/C20H20FN3O2/c1-11(2)24(4)19-18(15-7-6-14(21)9-12(15)3)22-16-8-5-13(20(25)26)10-17(16)23-19/h5-11H,1-4H3,(H,25,26). The number of aromatic nitrogens is 2. The van der Waals surface area contributed by atoms with Crippen LogP contribution in [0, 0.1) is 12.7 Å². The van der Waals surface area contributed by atoms with Gasteiger partial charge in [-0.1, -0.05) is 0 Å². The van der Waals surface area contributed by atoms with Crippen LogP contribution in [0.15, 0.2) is 36.4 Å². The molecule has 0 atom stereocenters. The maximum absolute atomic E-state index is 13.5. The lowest BCUT2D eigenvalue weighted by Gasteiger charge is -2.25. The summed E-state index contributed by atoms with van der Waals surface area (Å²) in [6, 6.07) is 9.39. The Morgan fingerprint density at radius 1 is 1.12 bits per heavy atom.